The Morgan fingerprint density at radius 3 is 2.21 bits per heavy atom. The summed E-state index contributed by atoms with van der Waals surface area (Å²) in [6.45, 7) is 12.8. The van der Waals surface area contributed by atoms with Crippen LogP contribution in [0, 0.1) is 0 Å². The molecule has 2 aliphatic rings. The van der Waals surface area contributed by atoms with E-state index in [2.05, 4.69) is 4.90 Å². The SMILES string of the molecule is CC(=O)N1CCN(c2cccc(B3OC(C)(C)C(C)(C)O3)n2)CC1. The topological polar surface area (TPSA) is 54.9 Å². The summed E-state index contributed by atoms with van der Waals surface area (Å²) in [5.74, 6) is 1.04. The molecule has 0 atom stereocenters. The Balaban J connectivity index is 1.73. The van der Waals surface area contributed by atoms with Crippen LogP contribution < -0.4 is 10.5 Å². The van der Waals surface area contributed by atoms with Crippen LogP contribution in [-0.4, -0.2) is 60.3 Å². The predicted molar refractivity (Wildman–Crippen MR) is 94.4 cm³/mol. The lowest BCUT2D eigenvalue weighted by molar-refractivity contribution is -0.129. The first kappa shape index (κ1) is 17.2. The second-order valence-electron chi connectivity index (χ2n) is 7.50. The number of anilines is 1. The first-order chi connectivity index (χ1) is 11.2. The zero-order valence-electron chi connectivity index (χ0n) is 15.2. The van der Waals surface area contributed by atoms with E-state index in [1.165, 1.54) is 0 Å². The molecule has 0 saturated carbocycles. The lowest BCUT2D eigenvalue weighted by Gasteiger charge is -2.35. The van der Waals surface area contributed by atoms with Crippen LogP contribution in [-0.2, 0) is 14.1 Å². The molecule has 0 radical (unpaired) electrons. The summed E-state index contributed by atoms with van der Waals surface area (Å²) in [6.07, 6.45) is 0. The molecular formula is C17H26BN3O3. The summed E-state index contributed by atoms with van der Waals surface area (Å²) in [7, 11) is -0.451. The third-order valence-electron chi connectivity index (χ3n) is 5.30. The number of piperazine rings is 1. The number of amides is 1. The minimum atomic E-state index is -0.451. The van der Waals surface area contributed by atoms with Gasteiger partial charge in [-0.1, -0.05) is 6.07 Å². The van der Waals surface area contributed by atoms with Gasteiger partial charge in [0.15, 0.2) is 0 Å². The molecule has 6 nitrogen and oxygen atoms in total. The number of rotatable bonds is 2. The summed E-state index contributed by atoms with van der Waals surface area (Å²) < 4.78 is 12.2. The smallest absolute Gasteiger partial charge is 0.398 e. The molecule has 2 fully saturated rings. The van der Waals surface area contributed by atoms with E-state index in [0.717, 1.165) is 37.6 Å². The molecule has 1 amide bonds. The van der Waals surface area contributed by atoms with E-state index in [-0.39, 0.29) is 17.1 Å². The molecular weight excluding hydrogens is 305 g/mol. The molecule has 2 aliphatic heterocycles. The summed E-state index contributed by atoms with van der Waals surface area (Å²) in [5.41, 5.74) is 0.0467. The molecule has 0 N–H and O–H groups in total. The molecule has 0 aromatic carbocycles. The number of carbonyl (C=O) groups is 1. The van der Waals surface area contributed by atoms with E-state index < -0.39 is 7.12 Å². The second kappa shape index (κ2) is 6.04. The van der Waals surface area contributed by atoms with Gasteiger partial charge in [0.1, 0.15) is 5.82 Å². The van der Waals surface area contributed by atoms with Crippen LogP contribution in [0.4, 0.5) is 5.82 Å². The Bertz CT molecular complexity index is 611. The minimum Gasteiger partial charge on any atom is -0.398 e. The van der Waals surface area contributed by atoms with Crippen LogP contribution in [0.5, 0.6) is 0 Å². The number of aromatic nitrogens is 1. The fourth-order valence-corrected chi connectivity index (χ4v) is 2.96. The summed E-state index contributed by atoms with van der Waals surface area (Å²) in [4.78, 5) is 20.3. The van der Waals surface area contributed by atoms with Crippen molar-refractivity contribution in [2.24, 2.45) is 0 Å². The monoisotopic (exact) mass is 331 g/mol. The molecule has 0 unspecified atom stereocenters. The molecule has 0 bridgehead atoms. The quantitative estimate of drug-likeness (QED) is 0.759. The van der Waals surface area contributed by atoms with Gasteiger partial charge in [-0.15, -0.1) is 0 Å². The van der Waals surface area contributed by atoms with Crippen molar-refractivity contribution >= 4 is 24.4 Å². The molecule has 24 heavy (non-hydrogen) atoms. The molecule has 130 valence electrons. The maximum atomic E-state index is 11.5. The van der Waals surface area contributed by atoms with E-state index in [1.807, 2.05) is 50.8 Å². The number of pyridine rings is 1. The Morgan fingerprint density at radius 1 is 1.08 bits per heavy atom. The average Bonchev–Trinajstić information content (AvgIpc) is 2.76. The largest absolute Gasteiger partial charge is 0.514 e. The fraction of sp³-hybridized carbons (Fsp3) is 0.647. The highest BCUT2D eigenvalue weighted by atomic mass is 16.7. The van der Waals surface area contributed by atoms with Crippen LogP contribution in [0.1, 0.15) is 34.6 Å². The van der Waals surface area contributed by atoms with E-state index in [9.17, 15) is 4.79 Å². The molecule has 1 aromatic rings. The first-order valence-corrected chi connectivity index (χ1v) is 8.53. The molecule has 1 aromatic heterocycles. The van der Waals surface area contributed by atoms with Crippen molar-refractivity contribution in [3.8, 4) is 0 Å². The summed E-state index contributed by atoms with van der Waals surface area (Å²) >= 11 is 0. The third-order valence-corrected chi connectivity index (χ3v) is 5.30. The minimum absolute atomic E-state index is 0.133. The highest BCUT2D eigenvalue weighted by Gasteiger charge is 2.52. The number of hydrogen-bond donors (Lipinski definition) is 0. The van der Waals surface area contributed by atoms with Gasteiger partial charge in [0, 0.05) is 33.1 Å². The molecule has 7 heteroatoms. The van der Waals surface area contributed by atoms with Gasteiger partial charge in [0.2, 0.25) is 5.91 Å². The first-order valence-electron chi connectivity index (χ1n) is 8.53. The van der Waals surface area contributed by atoms with Crippen molar-refractivity contribution in [3.05, 3.63) is 18.2 Å². The van der Waals surface area contributed by atoms with Crippen LogP contribution >= 0.6 is 0 Å². The van der Waals surface area contributed by atoms with Crippen LogP contribution in [0.3, 0.4) is 0 Å². The van der Waals surface area contributed by atoms with E-state index in [1.54, 1.807) is 6.92 Å². The van der Waals surface area contributed by atoms with Crippen molar-refractivity contribution in [3.63, 3.8) is 0 Å². The Labute approximate surface area is 144 Å². The van der Waals surface area contributed by atoms with Crippen molar-refractivity contribution in [1.82, 2.24) is 9.88 Å². The van der Waals surface area contributed by atoms with Gasteiger partial charge in [0.05, 0.1) is 16.8 Å². The highest BCUT2D eigenvalue weighted by molar-refractivity contribution is 6.61. The predicted octanol–water partition coefficient (Wildman–Crippen LogP) is 1.05. The molecule has 0 aliphatic carbocycles. The molecule has 0 spiro atoms. The fourth-order valence-electron chi connectivity index (χ4n) is 2.96. The highest BCUT2D eigenvalue weighted by Crippen LogP contribution is 2.36. The Kier molecular flexibility index (Phi) is 4.34. The maximum Gasteiger partial charge on any atom is 0.514 e. The number of nitrogens with zero attached hydrogens (tertiary/aromatic N) is 3. The van der Waals surface area contributed by atoms with Gasteiger partial charge in [0.25, 0.3) is 0 Å². The normalized spacial score (nSPS) is 22.8. The Morgan fingerprint density at radius 2 is 1.67 bits per heavy atom. The van der Waals surface area contributed by atoms with Gasteiger partial charge in [-0.05, 0) is 39.8 Å². The Hall–Kier alpha value is -1.60. The van der Waals surface area contributed by atoms with Crippen molar-refractivity contribution in [2.75, 3.05) is 31.1 Å². The summed E-state index contributed by atoms with van der Waals surface area (Å²) in [5, 5.41) is 0. The van der Waals surface area contributed by atoms with E-state index in [4.69, 9.17) is 14.3 Å². The van der Waals surface area contributed by atoms with Gasteiger partial charge in [-0.2, -0.15) is 0 Å². The molecule has 3 rings (SSSR count). The van der Waals surface area contributed by atoms with Crippen molar-refractivity contribution in [1.29, 1.82) is 0 Å². The third kappa shape index (κ3) is 3.15. The van der Waals surface area contributed by atoms with Gasteiger partial charge < -0.3 is 19.1 Å². The van der Waals surface area contributed by atoms with Gasteiger partial charge in [-0.3, -0.25) is 4.79 Å². The van der Waals surface area contributed by atoms with Crippen LogP contribution in [0.2, 0.25) is 0 Å². The van der Waals surface area contributed by atoms with Crippen molar-refractivity contribution in [2.45, 2.75) is 45.8 Å². The summed E-state index contributed by atoms with van der Waals surface area (Å²) in [6, 6.07) is 5.93. The standard InChI is InChI=1S/C17H26BN3O3/c1-13(22)20-9-11-21(12-10-20)15-8-6-7-14(19-15)18-23-16(2,3)17(4,5)24-18/h6-8H,9-12H2,1-5H3. The lowest BCUT2D eigenvalue weighted by Crippen LogP contribution is -2.49. The van der Waals surface area contributed by atoms with Crippen LogP contribution in [0.25, 0.3) is 0 Å². The molecule has 2 saturated heterocycles. The maximum absolute atomic E-state index is 11.5. The molecule has 3 heterocycles. The second-order valence-corrected chi connectivity index (χ2v) is 7.50. The van der Waals surface area contributed by atoms with Gasteiger partial charge >= 0.3 is 7.12 Å². The lowest BCUT2D eigenvalue weighted by atomic mass is 9.84. The average molecular weight is 331 g/mol. The zero-order valence-corrected chi connectivity index (χ0v) is 15.2. The zero-order chi connectivity index (χ0) is 17.5. The number of carbonyl (C=O) groups excluding carboxylic acids is 1. The van der Waals surface area contributed by atoms with E-state index in [0.29, 0.717) is 0 Å². The number of hydrogen-bond acceptors (Lipinski definition) is 5. The van der Waals surface area contributed by atoms with Crippen molar-refractivity contribution < 1.29 is 14.1 Å². The van der Waals surface area contributed by atoms with Gasteiger partial charge in [-0.25, -0.2) is 4.98 Å². The van der Waals surface area contributed by atoms with E-state index >= 15 is 0 Å². The van der Waals surface area contributed by atoms with Crippen LogP contribution in [0.15, 0.2) is 18.2 Å².